The van der Waals surface area contributed by atoms with Gasteiger partial charge < -0.3 is 19.7 Å². The van der Waals surface area contributed by atoms with Crippen molar-refractivity contribution in [3.8, 4) is 6.01 Å². The molecule has 2 aliphatic rings. The molecule has 1 saturated heterocycles. The van der Waals surface area contributed by atoms with Crippen LogP contribution in [0.5, 0.6) is 6.01 Å². The molecule has 8 heteroatoms. The molecule has 94 valence electrons. The Morgan fingerprint density at radius 1 is 1.53 bits per heavy atom. The van der Waals surface area contributed by atoms with Crippen LogP contribution in [0.1, 0.15) is 6.23 Å². The van der Waals surface area contributed by atoms with Crippen LogP contribution in [0, 0.1) is 5.41 Å². The van der Waals surface area contributed by atoms with Crippen molar-refractivity contribution in [3.05, 3.63) is 17.8 Å². The summed E-state index contributed by atoms with van der Waals surface area (Å²) >= 11 is 0. The fourth-order valence-corrected chi connectivity index (χ4v) is 2.04. The van der Waals surface area contributed by atoms with Gasteiger partial charge in [-0.15, -0.1) is 12.4 Å². The van der Waals surface area contributed by atoms with Crippen molar-refractivity contribution in [1.82, 2.24) is 9.55 Å². The maximum atomic E-state index is 9.80. The highest BCUT2D eigenvalue weighted by atomic mass is 35.5. The lowest BCUT2D eigenvalue weighted by atomic mass is 10.1. The zero-order valence-corrected chi connectivity index (χ0v) is 9.50. The zero-order chi connectivity index (χ0) is 11.3. The van der Waals surface area contributed by atoms with Crippen LogP contribution in [0.25, 0.3) is 0 Å². The molecule has 3 rings (SSSR count). The summed E-state index contributed by atoms with van der Waals surface area (Å²) in [6.07, 6.45) is -0.930. The van der Waals surface area contributed by atoms with Crippen molar-refractivity contribution in [2.75, 3.05) is 6.61 Å². The molecule has 3 N–H and O–H groups in total. The molecule has 17 heavy (non-hydrogen) atoms. The summed E-state index contributed by atoms with van der Waals surface area (Å²) in [5.74, 6) is 0. The van der Waals surface area contributed by atoms with Gasteiger partial charge in [0.2, 0.25) is 0 Å². The lowest BCUT2D eigenvalue weighted by Crippen LogP contribution is -2.34. The Morgan fingerprint density at radius 2 is 2.29 bits per heavy atom. The Bertz CT molecular complexity index is 480. The van der Waals surface area contributed by atoms with E-state index < -0.39 is 24.5 Å². The van der Waals surface area contributed by atoms with Gasteiger partial charge in [0.1, 0.15) is 12.2 Å². The van der Waals surface area contributed by atoms with Crippen molar-refractivity contribution in [3.63, 3.8) is 0 Å². The second-order valence-electron chi connectivity index (χ2n) is 3.82. The topological polar surface area (TPSA) is 101 Å². The first kappa shape index (κ1) is 12.3. The summed E-state index contributed by atoms with van der Waals surface area (Å²) < 4.78 is 12.5. The summed E-state index contributed by atoms with van der Waals surface area (Å²) in [4.78, 5) is 3.88. The number of fused-ring (bicyclic) bond motifs is 3. The van der Waals surface area contributed by atoms with Gasteiger partial charge in [-0.05, 0) is 6.07 Å². The maximum Gasteiger partial charge on any atom is 0.301 e. The molecule has 0 amide bonds. The average Bonchev–Trinajstić information content (AvgIpc) is 2.75. The summed E-state index contributed by atoms with van der Waals surface area (Å²) in [6.45, 7) is -0.253. The Kier molecular flexibility index (Phi) is 3.09. The van der Waals surface area contributed by atoms with E-state index in [-0.39, 0.29) is 30.5 Å². The smallest absolute Gasteiger partial charge is 0.301 e. The number of halogens is 1. The molecule has 3 heterocycles. The minimum Gasteiger partial charge on any atom is -0.454 e. The van der Waals surface area contributed by atoms with Gasteiger partial charge in [0.05, 0.1) is 6.61 Å². The van der Waals surface area contributed by atoms with Gasteiger partial charge in [-0.2, -0.15) is 4.98 Å². The van der Waals surface area contributed by atoms with Gasteiger partial charge in [-0.3, -0.25) is 9.98 Å². The van der Waals surface area contributed by atoms with E-state index >= 15 is 0 Å². The molecular formula is C9H12ClN3O4. The summed E-state index contributed by atoms with van der Waals surface area (Å²) in [6, 6.07) is 1.77. The van der Waals surface area contributed by atoms with Gasteiger partial charge in [0.25, 0.3) is 0 Å². The van der Waals surface area contributed by atoms with Crippen LogP contribution in [0.2, 0.25) is 0 Å². The monoisotopic (exact) mass is 261 g/mol. The third-order valence-electron chi connectivity index (χ3n) is 2.84. The lowest BCUT2D eigenvalue weighted by molar-refractivity contribution is -0.0434. The van der Waals surface area contributed by atoms with Crippen LogP contribution < -0.4 is 10.2 Å². The summed E-state index contributed by atoms with van der Waals surface area (Å²) in [5.41, 5.74) is 0.0967. The van der Waals surface area contributed by atoms with Crippen molar-refractivity contribution in [2.24, 2.45) is 0 Å². The zero-order valence-electron chi connectivity index (χ0n) is 8.68. The molecule has 0 spiro atoms. The first-order chi connectivity index (χ1) is 7.70. The van der Waals surface area contributed by atoms with E-state index in [0.29, 0.717) is 0 Å². The number of nitrogens with zero attached hydrogens (tertiary/aromatic N) is 2. The van der Waals surface area contributed by atoms with Crippen LogP contribution in [0.15, 0.2) is 12.3 Å². The van der Waals surface area contributed by atoms with Crippen LogP contribution >= 0.6 is 12.4 Å². The number of aromatic nitrogens is 2. The molecule has 0 saturated carbocycles. The van der Waals surface area contributed by atoms with Crippen molar-refractivity contribution in [1.29, 1.82) is 5.41 Å². The number of ether oxygens (including phenoxy) is 2. The Balaban J connectivity index is 0.00000108. The van der Waals surface area contributed by atoms with Gasteiger partial charge in [0.15, 0.2) is 17.8 Å². The van der Waals surface area contributed by atoms with E-state index in [9.17, 15) is 5.11 Å². The molecule has 0 unspecified atom stereocenters. The minimum absolute atomic E-state index is 0. The Hall–Kier alpha value is -1.15. The number of rotatable bonds is 1. The van der Waals surface area contributed by atoms with E-state index in [1.54, 1.807) is 10.8 Å². The van der Waals surface area contributed by atoms with Gasteiger partial charge in [-0.25, -0.2) is 0 Å². The molecule has 4 atom stereocenters. The predicted octanol–water partition coefficient (Wildman–Crippen LogP) is -1.20. The highest BCUT2D eigenvalue weighted by Crippen LogP contribution is 2.38. The number of aliphatic hydroxyl groups is 2. The Labute approximate surface area is 103 Å². The molecule has 1 aromatic heterocycles. The van der Waals surface area contributed by atoms with Crippen LogP contribution in [0.3, 0.4) is 0 Å². The average molecular weight is 262 g/mol. The van der Waals surface area contributed by atoms with Crippen molar-refractivity contribution < 1.29 is 19.7 Å². The molecule has 1 aromatic rings. The predicted molar refractivity (Wildman–Crippen MR) is 56.7 cm³/mol. The Morgan fingerprint density at radius 3 is 3.00 bits per heavy atom. The fraction of sp³-hybridized carbons (Fsp3) is 0.556. The number of aliphatic hydroxyl groups excluding tert-OH is 2. The quantitative estimate of drug-likeness (QED) is 0.589. The number of hydrogen-bond donors (Lipinski definition) is 3. The van der Waals surface area contributed by atoms with Gasteiger partial charge in [0, 0.05) is 6.20 Å². The highest BCUT2D eigenvalue weighted by Gasteiger charge is 2.50. The minimum atomic E-state index is -0.883. The third kappa shape index (κ3) is 1.71. The SMILES string of the molecule is Cl.N=c1ccn2c(n1)O[C@H]1[C@H](O)[C@H](CO)O[C@H]12. The fourth-order valence-electron chi connectivity index (χ4n) is 2.04. The number of hydrogen-bond acceptors (Lipinski definition) is 6. The molecule has 0 aliphatic carbocycles. The van der Waals surface area contributed by atoms with E-state index in [0.717, 1.165) is 0 Å². The first-order valence-corrected chi connectivity index (χ1v) is 4.95. The van der Waals surface area contributed by atoms with Crippen molar-refractivity contribution >= 4 is 12.4 Å². The van der Waals surface area contributed by atoms with Crippen LogP contribution in [0.4, 0.5) is 0 Å². The molecular weight excluding hydrogens is 250 g/mol. The second-order valence-corrected chi connectivity index (χ2v) is 3.82. The first-order valence-electron chi connectivity index (χ1n) is 4.95. The maximum absolute atomic E-state index is 9.80. The summed E-state index contributed by atoms with van der Waals surface area (Å²) in [5, 5.41) is 26.1. The van der Waals surface area contributed by atoms with E-state index in [4.69, 9.17) is 20.0 Å². The van der Waals surface area contributed by atoms with Crippen molar-refractivity contribution in [2.45, 2.75) is 24.5 Å². The molecule has 2 aliphatic heterocycles. The van der Waals surface area contributed by atoms with E-state index in [2.05, 4.69) is 4.98 Å². The second kappa shape index (κ2) is 4.26. The van der Waals surface area contributed by atoms with Crippen LogP contribution in [-0.4, -0.2) is 44.7 Å². The normalized spacial score (nSPS) is 33.5. The van der Waals surface area contributed by atoms with Gasteiger partial charge in [-0.1, -0.05) is 0 Å². The molecule has 0 radical (unpaired) electrons. The standard InChI is InChI=1S/C9H11N3O4.ClH/c10-5-1-2-12-8-7(16-9(12)11-5)6(14)4(3-13)15-8;/h1-2,4,6-8,10,13-14H,3H2;1H/t4-,6+,7-,8+;/m0./s1. The molecule has 7 nitrogen and oxygen atoms in total. The van der Waals surface area contributed by atoms with Crippen LogP contribution in [-0.2, 0) is 4.74 Å². The summed E-state index contributed by atoms with van der Waals surface area (Å²) in [7, 11) is 0. The van der Waals surface area contributed by atoms with E-state index in [1.165, 1.54) is 6.07 Å². The number of nitrogens with one attached hydrogen (secondary N) is 1. The molecule has 0 aromatic carbocycles. The molecule has 1 fully saturated rings. The lowest BCUT2D eigenvalue weighted by Gasteiger charge is -2.14. The largest absolute Gasteiger partial charge is 0.454 e. The highest BCUT2D eigenvalue weighted by molar-refractivity contribution is 5.85. The molecule has 0 bridgehead atoms. The third-order valence-corrected chi connectivity index (χ3v) is 2.84. The van der Waals surface area contributed by atoms with Gasteiger partial charge >= 0.3 is 6.01 Å². The van der Waals surface area contributed by atoms with E-state index in [1.807, 2.05) is 0 Å².